The Bertz CT molecular complexity index is 98.6. The fourth-order valence-electron chi connectivity index (χ4n) is 0.798. The Morgan fingerprint density at radius 1 is 1.10 bits per heavy atom. The van der Waals surface area contributed by atoms with Crippen molar-refractivity contribution < 1.29 is 0 Å². The Morgan fingerprint density at radius 2 is 1.90 bits per heavy atom. The standard InChI is InChI=1S/C10H18/c1-3-5-7-9-10-8-6-4-2/h3,5,7,9H,4,6,8,10H2,1-2H3/b5-3-,9-7-. The molecule has 0 heteroatoms. The van der Waals surface area contributed by atoms with Crippen molar-refractivity contribution in [3.63, 3.8) is 0 Å². The topological polar surface area (TPSA) is 0 Å². The highest BCUT2D eigenvalue weighted by Crippen LogP contribution is 1.99. The van der Waals surface area contributed by atoms with E-state index in [1.165, 1.54) is 25.7 Å². The normalized spacial score (nSPS) is 11.8. The third-order valence-corrected chi connectivity index (χ3v) is 1.41. The maximum Gasteiger partial charge on any atom is -0.0348 e. The van der Waals surface area contributed by atoms with Crippen LogP contribution in [0.4, 0.5) is 0 Å². The molecule has 0 rings (SSSR count). The summed E-state index contributed by atoms with van der Waals surface area (Å²) in [5.41, 5.74) is 0. The van der Waals surface area contributed by atoms with Crippen LogP contribution in [0.5, 0.6) is 0 Å². The molecule has 0 bridgehead atoms. The van der Waals surface area contributed by atoms with Crippen molar-refractivity contribution >= 4 is 0 Å². The first-order valence-corrected chi connectivity index (χ1v) is 4.19. The van der Waals surface area contributed by atoms with Crippen LogP contribution in [0.2, 0.25) is 0 Å². The minimum Gasteiger partial charge on any atom is -0.0877 e. The van der Waals surface area contributed by atoms with Gasteiger partial charge in [0.1, 0.15) is 0 Å². The molecule has 0 aromatic heterocycles. The van der Waals surface area contributed by atoms with Crippen LogP contribution in [0.25, 0.3) is 0 Å². The summed E-state index contributed by atoms with van der Waals surface area (Å²) < 4.78 is 0. The van der Waals surface area contributed by atoms with E-state index in [2.05, 4.69) is 31.2 Å². The van der Waals surface area contributed by atoms with Gasteiger partial charge in [0.2, 0.25) is 0 Å². The number of hydrogen-bond donors (Lipinski definition) is 0. The van der Waals surface area contributed by atoms with E-state index in [4.69, 9.17) is 0 Å². The third-order valence-electron chi connectivity index (χ3n) is 1.41. The highest BCUT2D eigenvalue weighted by Gasteiger charge is 1.79. The van der Waals surface area contributed by atoms with Gasteiger partial charge in [0, 0.05) is 0 Å². The molecular formula is C10H18. The second kappa shape index (κ2) is 8.48. The van der Waals surface area contributed by atoms with Crippen molar-refractivity contribution in [1.29, 1.82) is 0 Å². The summed E-state index contributed by atoms with van der Waals surface area (Å²) in [6.07, 6.45) is 13.7. The Morgan fingerprint density at radius 3 is 2.50 bits per heavy atom. The maximum absolute atomic E-state index is 2.23. The van der Waals surface area contributed by atoms with E-state index in [-0.39, 0.29) is 0 Å². The average molecular weight is 138 g/mol. The van der Waals surface area contributed by atoms with Crippen molar-refractivity contribution in [3.8, 4) is 0 Å². The lowest BCUT2D eigenvalue weighted by Gasteiger charge is -1.89. The van der Waals surface area contributed by atoms with Crippen LogP contribution < -0.4 is 0 Å². The minimum absolute atomic E-state index is 1.23. The fourth-order valence-corrected chi connectivity index (χ4v) is 0.798. The number of rotatable bonds is 5. The molecule has 0 atom stereocenters. The van der Waals surface area contributed by atoms with Crippen LogP contribution >= 0.6 is 0 Å². The van der Waals surface area contributed by atoms with Crippen molar-refractivity contribution in [2.75, 3.05) is 0 Å². The summed E-state index contributed by atoms with van der Waals surface area (Å²) >= 11 is 0. The minimum atomic E-state index is 1.23. The van der Waals surface area contributed by atoms with E-state index in [9.17, 15) is 0 Å². The van der Waals surface area contributed by atoms with E-state index >= 15 is 0 Å². The SMILES string of the molecule is C/C=C\C=C/CCCCC. The quantitative estimate of drug-likeness (QED) is 0.401. The molecule has 10 heavy (non-hydrogen) atoms. The molecule has 0 saturated heterocycles. The van der Waals surface area contributed by atoms with Gasteiger partial charge in [-0.15, -0.1) is 0 Å². The molecule has 0 saturated carbocycles. The molecule has 0 heterocycles. The molecule has 0 radical (unpaired) electrons. The molecule has 0 nitrogen and oxygen atoms in total. The average Bonchev–Trinajstić information content (AvgIpc) is 1.97. The summed E-state index contributed by atoms with van der Waals surface area (Å²) in [5.74, 6) is 0. The van der Waals surface area contributed by atoms with E-state index in [1.54, 1.807) is 0 Å². The Balaban J connectivity index is 3.02. The van der Waals surface area contributed by atoms with Crippen LogP contribution in [-0.4, -0.2) is 0 Å². The number of hydrogen-bond acceptors (Lipinski definition) is 0. The molecule has 0 N–H and O–H groups in total. The lowest BCUT2D eigenvalue weighted by Crippen LogP contribution is -1.69. The van der Waals surface area contributed by atoms with Gasteiger partial charge in [-0.05, 0) is 19.8 Å². The van der Waals surface area contributed by atoms with E-state index < -0.39 is 0 Å². The zero-order valence-electron chi connectivity index (χ0n) is 7.14. The Hall–Kier alpha value is -0.520. The molecule has 0 fully saturated rings. The molecule has 0 aliphatic heterocycles. The van der Waals surface area contributed by atoms with Crippen LogP contribution in [0.15, 0.2) is 24.3 Å². The van der Waals surface area contributed by atoms with Crippen LogP contribution in [0, 0.1) is 0 Å². The van der Waals surface area contributed by atoms with E-state index in [1.807, 2.05) is 6.92 Å². The first-order valence-electron chi connectivity index (χ1n) is 4.19. The zero-order valence-corrected chi connectivity index (χ0v) is 7.14. The first-order chi connectivity index (χ1) is 4.91. The number of allylic oxidation sites excluding steroid dienone is 4. The lowest BCUT2D eigenvalue weighted by molar-refractivity contribution is 0.729. The molecule has 0 spiro atoms. The Kier molecular flexibility index (Phi) is 8.04. The van der Waals surface area contributed by atoms with Crippen LogP contribution in [0.1, 0.15) is 39.5 Å². The number of unbranched alkanes of at least 4 members (excludes halogenated alkanes) is 3. The van der Waals surface area contributed by atoms with Gasteiger partial charge in [-0.1, -0.05) is 44.1 Å². The lowest BCUT2D eigenvalue weighted by atomic mass is 10.2. The second-order valence-corrected chi connectivity index (χ2v) is 2.45. The van der Waals surface area contributed by atoms with Gasteiger partial charge in [0.05, 0.1) is 0 Å². The van der Waals surface area contributed by atoms with Gasteiger partial charge in [0.25, 0.3) is 0 Å². The van der Waals surface area contributed by atoms with Gasteiger partial charge in [-0.2, -0.15) is 0 Å². The molecule has 58 valence electrons. The van der Waals surface area contributed by atoms with Gasteiger partial charge in [0.15, 0.2) is 0 Å². The maximum atomic E-state index is 2.23. The van der Waals surface area contributed by atoms with E-state index in [0.29, 0.717) is 0 Å². The molecule has 0 aromatic rings. The summed E-state index contributed by atoms with van der Waals surface area (Å²) in [6, 6.07) is 0. The first kappa shape index (κ1) is 9.48. The summed E-state index contributed by atoms with van der Waals surface area (Å²) in [6.45, 7) is 4.27. The smallest absolute Gasteiger partial charge is 0.0348 e. The van der Waals surface area contributed by atoms with E-state index in [0.717, 1.165) is 0 Å². The van der Waals surface area contributed by atoms with Gasteiger partial charge in [-0.25, -0.2) is 0 Å². The predicted octanol–water partition coefficient (Wildman–Crippen LogP) is 3.70. The van der Waals surface area contributed by atoms with Gasteiger partial charge >= 0.3 is 0 Å². The fraction of sp³-hybridized carbons (Fsp3) is 0.600. The summed E-state index contributed by atoms with van der Waals surface area (Å²) in [4.78, 5) is 0. The molecule has 0 aliphatic carbocycles. The van der Waals surface area contributed by atoms with Crippen molar-refractivity contribution in [1.82, 2.24) is 0 Å². The monoisotopic (exact) mass is 138 g/mol. The van der Waals surface area contributed by atoms with Crippen molar-refractivity contribution in [3.05, 3.63) is 24.3 Å². The third kappa shape index (κ3) is 7.48. The largest absolute Gasteiger partial charge is 0.0877 e. The second-order valence-electron chi connectivity index (χ2n) is 2.45. The Labute approximate surface area is 64.6 Å². The highest BCUT2D eigenvalue weighted by atomic mass is 13.9. The van der Waals surface area contributed by atoms with Crippen molar-refractivity contribution in [2.45, 2.75) is 39.5 Å². The highest BCUT2D eigenvalue weighted by molar-refractivity contribution is 5.00. The predicted molar refractivity (Wildman–Crippen MR) is 48.1 cm³/mol. The van der Waals surface area contributed by atoms with Gasteiger partial charge in [-0.3, -0.25) is 0 Å². The molecule has 0 unspecified atom stereocenters. The molecule has 0 aliphatic rings. The van der Waals surface area contributed by atoms with Crippen LogP contribution in [-0.2, 0) is 0 Å². The van der Waals surface area contributed by atoms with Crippen LogP contribution in [0.3, 0.4) is 0 Å². The molecular weight excluding hydrogens is 120 g/mol. The van der Waals surface area contributed by atoms with Crippen molar-refractivity contribution in [2.24, 2.45) is 0 Å². The summed E-state index contributed by atoms with van der Waals surface area (Å²) in [7, 11) is 0. The molecule has 0 amide bonds. The summed E-state index contributed by atoms with van der Waals surface area (Å²) in [5, 5.41) is 0. The zero-order chi connectivity index (χ0) is 7.66. The molecule has 0 aromatic carbocycles. The van der Waals surface area contributed by atoms with Gasteiger partial charge < -0.3 is 0 Å².